The van der Waals surface area contributed by atoms with Crippen molar-refractivity contribution in [1.82, 2.24) is 24.5 Å². The lowest BCUT2D eigenvalue weighted by Crippen LogP contribution is -2.08. The largest absolute Gasteiger partial charge is 0.478 e. The number of aromatic nitrogens is 5. The Kier molecular flexibility index (Phi) is 7.67. The second-order valence-electron chi connectivity index (χ2n) is 8.35. The first kappa shape index (κ1) is 27.0. The van der Waals surface area contributed by atoms with Gasteiger partial charge in [0.2, 0.25) is 5.75 Å². The summed E-state index contributed by atoms with van der Waals surface area (Å²) in [7, 11) is 1.66. The number of ether oxygens (including phenoxy) is 1. The van der Waals surface area contributed by atoms with Gasteiger partial charge in [0, 0.05) is 54.3 Å². The molecule has 13 heteroatoms. The van der Waals surface area contributed by atoms with Gasteiger partial charge in [0.15, 0.2) is 6.20 Å². The molecule has 1 atom stereocenters. The zero-order valence-corrected chi connectivity index (χ0v) is 22.1. The van der Waals surface area contributed by atoms with Crippen LogP contribution in [0, 0.1) is 15.9 Å². The molecule has 0 N–H and O–H groups in total. The fourth-order valence-corrected chi connectivity index (χ4v) is 4.33. The van der Waals surface area contributed by atoms with Crippen molar-refractivity contribution in [1.29, 1.82) is 0 Å². The molecule has 0 saturated heterocycles. The van der Waals surface area contributed by atoms with Crippen LogP contribution in [0.5, 0.6) is 5.75 Å². The van der Waals surface area contributed by atoms with E-state index in [0.29, 0.717) is 33.4 Å². The minimum Gasteiger partial charge on any atom is -0.478 e. The summed E-state index contributed by atoms with van der Waals surface area (Å²) in [5.74, 6) is -1.19. The van der Waals surface area contributed by atoms with E-state index in [1.54, 1.807) is 27.1 Å². The summed E-state index contributed by atoms with van der Waals surface area (Å²) >= 11 is 3.22. The molecular formula is C25H22BrF3N6O3. The molecule has 0 amide bonds. The highest BCUT2D eigenvalue weighted by Gasteiger charge is 2.27. The summed E-state index contributed by atoms with van der Waals surface area (Å²) in [4.78, 5) is 14.6. The van der Waals surface area contributed by atoms with Crippen molar-refractivity contribution in [3.63, 3.8) is 0 Å². The number of halogens is 4. The first-order valence-corrected chi connectivity index (χ1v) is 12.1. The molecule has 38 heavy (non-hydrogen) atoms. The fraction of sp³-hybridized carbons (Fsp3) is 0.240. The lowest BCUT2D eigenvalue weighted by atomic mass is 9.93. The van der Waals surface area contributed by atoms with Crippen molar-refractivity contribution in [2.75, 3.05) is 0 Å². The molecular weight excluding hydrogens is 569 g/mol. The fourth-order valence-electron chi connectivity index (χ4n) is 4.02. The third-order valence-corrected chi connectivity index (χ3v) is 6.22. The number of alkyl halides is 2. The highest BCUT2D eigenvalue weighted by molar-refractivity contribution is 9.10. The molecule has 0 spiro atoms. The Morgan fingerprint density at radius 2 is 1.97 bits per heavy atom. The van der Waals surface area contributed by atoms with E-state index in [0.717, 1.165) is 0 Å². The van der Waals surface area contributed by atoms with Gasteiger partial charge < -0.3 is 14.9 Å². The van der Waals surface area contributed by atoms with Gasteiger partial charge in [-0.3, -0.25) is 9.36 Å². The Labute approximate surface area is 223 Å². The van der Waals surface area contributed by atoms with E-state index in [2.05, 4.69) is 37.7 Å². The number of benzene rings is 1. The molecule has 0 radical (unpaired) electrons. The molecule has 3 heterocycles. The minimum atomic E-state index is -2.82. The lowest BCUT2D eigenvalue weighted by molar-refractivity contribution is -0.390. The summed E-state index contributed by atoms with van der Waals surface area (Å²) in [6.07, 6.45) is 0.677. The van der Waals surface area contributed by atoms with E-state index in [1.807, 2.05) is 0 Å². The predicted octanol–water partition coefficient (Wildman–Crippen LogP) is 6.65. The summed E-state index contributed by atoms with van der Waals surface area (Å²) in [6.45, 7) is 7.82. The van der Waals surface area contributed by atoms with Crippen LogP contribution in [0.3, 0.4) is 0 Å². The Balaban J connectivity index is 1.81. The standard InChI is InChI=1S/C25H22BrF3N6O3/c1-5-34-12-20(23(32-34)24(28)29)13(2)19-11-33(4)31-22(19)17-7-6-16(27)9-18(17)14(3)38-21-8-15(26)10-30-25(21)35(36)37/h6-12,14,24H,2,5H2,1,3-4H3/t14-/m1/s1. The molecule has 0 aliphatic heterocycles. The van der Waals surface area contributed by atoms with Gasteiger partial charge in [0.25, 0.3) is 6.43 Å². The van der Waals surface area contributed by atoms with E-state index in [9.17, 15) is 23.3 Å². The van der Waals surface area contributed by atoms with Crippen LogP contribution in [-0.4, -0.2) is 29.5 Å². The third-order valence-electron chi connectivity index (χ3n) is 5.78. The van der Waals surface area contributed by atoms with Crippen LogP contribution in [0.25, 0.3) is 16.8 Å². The van der Waals surface area contributed by atoms with Gasteiger partial charge in [-0.1, -0.05) is 6.58 Å². The average molecular weight is 591 g/mol. The maximum Gasteiger partial charge on any atom is 0.406 e. The van der Waals surface area contributed by atoms with Crippen LogP contribution >= 0.6 is 15.9 Å². The van der Waals surface area contributed by atoms with E-state index < -0.39 is 34.8 Å². The molecule has 4 aromatic rings. The lowest BCUT2D eigenvalue weighted by Gasteiger charge is -2.18. The molecule has 0 unspecified atom stereocenters. The first-order valence-electron chi connectivity index (χ1n) is 11.3. The number of hydrogen-bond acceptors (Lipinski definition) is 6. The number of nitrogens with zero attached hydrogens (tertiary/aromatic N) is 6. The topological polar surface area (TPSA) is 101 Å². The number of hydrogen-bond donors (Lipinski definition) is 0. The molecule has 0 bridgehead atoms. The van der Waals surface area contributed by atoms with Crippen LogP contribution in [0.2, 0.25) is 0 Å². The van der Waals surface area contributed by atoms with Gasteiger partial charge in [-0.05, 0) is 63.5 Å². The number of pyridine rings is 1. The monoisotopic (exact) mass is 590 g/mol. The Morgan fingerprint density at radius 3 is 2.63 bits per heavy atom. The highest BCUT2D eigenvalue weighted by Crippen LogP contribution is 2.39. The molecule has 1 aromatic carbocycles. The van der Waals surface area contributed by atoms with Crippen molar-refractivity contribution in [3.8, 4) is 17.0 Å². The predicted molar refractivity (Wildman–Crippen MR) is 137 cm³/mol. The SMILES string of the molecule is C=C(c1cn(C)nc1-c1ccc(F)cc1[C@@H](C)Oc1cc(Br)cnc1[N+](=O)[O-])c1cn(CC)nc1C(F)F. The zero-order chi connectivity index (χ0) is 27.7. The van der Waals surface area contributed by atoms with Crippen molar-refractivity contribution in [2.45, 2.75) is 32.9 Å². The normalized spacial score (nSPS) is 12.1. The Bertz CT molecular complexity index is 1530. The van der Waals surface area contributed by atoms with Crippen molar-refractivity contribution in [2.24, 2.45) is 7.05 Å². The number of rotatable bonds is 9. The van der Waals surface area contributed by atoms with Gasteiger partial charge in [0.05, 0.1) is 4.47 Å². The number of nitro groups is 1. The van der Waals surface area contributed by atoms with Crippen molar-refractivity contribution < 1.29 is 22.8 Å². The van der Waals surface area contributed by atoms with Crippen LogP contribution in [0.15, 0.2) is 53.9 Å². The molecule has 3 aromatic heterocycles. The second kappa shape index (κ2) is 10.8. The van der Waals surface area contributed by atoms with Gasteiger partial charge >= 0.3 is 5.82 Å². The minimum absolute atomic E-state index is 0.119. The van der Waals surface area contributed by atoms with Gasteiger partial charge in [0.1, 0.15) is 23.3 Å². The molecule has 198 valence electrons. The van der Waals surface area contributed by atoms with Gasteiger partial charge in [-0.15, -0.1) is 0 Å². The van der Waals surface area contributed by atoms with Crippen molar-refractivity contribution >= 4 is 27.3 Å². The molecule has 0 fully saturated rings. The summed E-state index contributed by atoms with van der Waals surface area (Å²) in [5.41, 5.74) is 1.55. The molecule has 0 aliphatic rings. The molecule has 9 nitrogen and oxygen atoms in total. The summed E-state index contributed by atoms with van der Waals surface area (Å²) in [5, 5.41) is 19.9. The Hall–Kier alpha value is -4.00. The number of aryl methyl sites for hydroxylation is 2. The zero-order valence-electron chi connectivity index (χ0n) is 20.5. The quantitative estimate of drug-likeness (QED) is 0.160. The second-order valence-corrected chi connectivity index (χ2v) is 9.27. The highest BCUT2D eigenvalue weighted by atomic mass is 79.9. The first-order chi connectivity index (χ1) is 18.0. The van der Waals surface area contributed by atoms with Crippen molar-refractivity contribution in [3.05, 3.63) is 92.2 Å². The van der Waals surface area contributed by atoms with Crippen LogP contribution in [-0.2, 0) is 13.6 Å². The van der Waals surface area contributed by atoms with E-state index in [-0.39, 0.29) is 16.9 Å². The Morgan fingerprint density at radius 1 is 1.24 bits per heavy atom. The smallest absolute Gasteiger partial charge is 0.406 e. The molecule has 0 saturated carbocycles. The van der Waals surface area contributed by atoms with Crippen LogP contribution in [0.4, 0.5) is 19.0 Å². The maximum absolute atomic E-state index is 14.4. The summed E-state index contributed by atoms with van der Waals surface area (Å²) in [6, 6.07) is 5.35. The van der Waals surface area contributed by atoms with Crippen LogP contribution < -0.4 is 4.74 Å². The molecule has 0 aliphatic carbocycles. The molecule has 4 rings (SSSR count). The van der Waals surface area contributed by atoms with E-state index in [1.165, 1.54) is 46.0 Å². The maximum atomic E-state index is 14.4. The third kappa shape index (κ3) is 5.32. The van der Waals surface area contributed by atoms with Gasteiger partial charge in [-0.25, -0.2) is 13.2 Å². The average Bonchev–Trinajstić information content (AvgIpc) is 3.47. The van der Waals surface area contributed by atoms with E-state index >= 15 is 0 Å². The summed E-state index contributed by atoms with van der Waals surface area (Å²) < 4.78 is 51.2. The van der Waals surface area contributed by atoms with Gasteiger partial charge in [-0.2, -0.15) is 10.2 Å². The van der Waals surface area contributed by atoms with Crippen LogP contribution in [0.1, 0.15) is 48.8 Å². The van der Waals surface area contributed by atoms with E-state index in [4.69, 9.17) is 4.74 Å².